The quantitative estimate of drug-likeness (QED) is 0.699. The summed E-state index contributed by atoms with van der Waals surface area (Å²) in [5.41, 5.74) is 2.68. The van der Waals surface area contributed by atoms with E-state index in [1.165, 1.54) is 12.3 Å². The lowest BCUT2D eigenvalue weighted by Gasteiger charge is -2.19. The summed E-state index contributed by atoms with van der Waals surface area (Å²) in [6.07, 6.45) is 4.12. The van der Waals surface area contributed by atoms with Crippen LogP contribution >= 0.6 is 0 Å². The topological polar surface area (TPSA) is 99.0 Å². The van der Waals surface area contributed by atoms with Crippen molar-refractivity contribution in [3.8, 4) is 17.2 Å². The SMILES string of the molecule is N#C[C@@H]1CC(F)(F)CN1C(=O)CNC(=O)c1ccnc2ccc(-c3ccncc3)cc12. The van der Waals surface area contributed by atoms with Crippen LogP contribution in [0.3, 0.4) is 0 Å². The van der Waals surface area contributed by atoms with Crippen molar-refractivity contribution < 1.29 is 18.4 Å². The molecule has 1 fully saturated rings. The molecule has 3 heterocycles. The van der Waals surface area contributed by atoms with Crippen LogP contribution in [-0.4, -0.2) is 51.7 Å². The number of nitrogens with zero attached hydrogens (tertiary/aromatic N) is 4. The second kappa shape index (κ2) is 8.07. The van der Waals surface area contributed by atoms with E-state index in [0.717, 1.165) is 16.0 Å². The van der Waals surface area contributed by atoms with Crippen molar-refractivity contribution in [2.24, 2.45) is 0 Å². The first-order valence-corrected chi connectivity index (χ1v) is 9.52. The van der Waals surface area contributed by atoms with E-state index in [0.29, 0.717) is 16.5 Å². The third kappa shape index (κ3) is 4.19. The number of carbonyl (C=O) groups excluding carboxylic acids is 2. The van der Waals surface area contributed by atoms with E-state index >= 15 is 0 Å². The molecule has 0 radical (unpaired) electrons. The minimum absolute atomic E-state index is 0.303. The van der Waals surface area contributed by atoms with E-state index < -0.39 is 43.3 Å². The average molecular weight is 421 g/mol. The van der Waals surface area contributed by atoms with Crippen LogP contribution in [0.4, 0.5) is 8.78 Å². The first-order valence-electron chi connectivity index (χ1n) is 9.52. The summed E-state index contributed by atoms with van der Waals surface area (Å²) in [6.45, 7) is -1.31. The molecule has 2 aromatic heterocycles. The summed E-state index contributed by atoms with van der Waals surface area (Å²) in [4.78, 5) is 34.2. The monoisotopic (exact) mass is 421 g/mol. The third-order valence-electron chi connectivity index (χ3n) is 5.14. The highest BCUT2D eigenvalue weighted by Crippen LogP contribution is 2.31. The molecule has 1 aliphatic rings. The van der Waals surface area contributed by atoms with Gasteiger partial charge in [0.2, 0.25) is 5.91 Å². The number of nitriles is 1. The molecule has 156 valence electrons. The van der Waals surface area contributed by atoms with Gasteiger partial charge in [-0.05, 0) is 41.5 Å². The summed E-state index contributed by atoms with van der Waals surface area (Å²) in [6, 6.07) is 11.2. The number of fused-ring (bicyclic) bond motifs is 1. The van der Waals surface area contributed by atoms with E-state index in [9.17, 15) is 18.4 Å². The minimum atomic E-state index is -3.11. The molecule has 1 atom stereocenters. The number of amides is 2. The molecule has 9 heteroatoms. The number of nitrogens with one attached hydrogen (secondary N) is 1. The van der Waals surface area contributed by atoms with Gasteiger partial charge >= 0.3 is 0 Å². The van der Waals surface area contributed by atoms with Crippen molar-refractivity contribution in [3.63, 3.8) is 0 Å². The van der Waals surface area contributed by atoms with Gasteiger partial charge in [-0.2, -0.15) is 5.26 Å². The number of rotatable bonds is 4. The molecule has 2 amide bonds. The Labute approximate surface area is 176 Å². The molecule has 1 aromatic carbocycles. The van der Waals surface area contributed by atoms with Crippen molar-refractivity contribution in [2.45, 2.75) is 18.4 Å². The van der Waals surface area contributed by atoms with Gasteiger partial charge in [0, 0.05) is 30.4 Å². The summed E-state index contributed by atoms with van der Waals surface area (Å²) < 4.78 is 27.1. The Morgan fingerprint density at radius 3 is 2.68 bits per heavy atom. The van der Waals surface area contributed by atoms with Crippen LogP contribution in [-0.2, 0) is 4.79 Å². The van der Waals surface area contributed by atoms with Crippen molar-refractivity contribution >= 4 is 22.7 Å². The van der Waals surface area contributed by atoms with Crippen LogP contribution in [0.15, 0.2) is 55.0 Å². The first-order chi connectivity index (χ1) is 14.9. The molecule has 0 bridgehead atoms. The average Bonchev–Trinajstić information content (AvgIpc) is 3.11. The molecule has 0 unspecified atom stereocenters. The van der Waals surface area contributed by atoms with Gasteiger partial charge in [-0.3, -0.25) is 19.6 Å². The highest BCUT2D eigenvalue weighted by atomic mass is 19.3. The lowest BCUT2D eigenvalue weighted by molar-refractivity contribution is -0.131. The maximum absolute atomic E-state index is 13.6. The minimum Gasteiger partial charge on any atom is -0.343 e. The van der Waals surface area contributed by atoms with Gasteiger partial charge in [-0.1, -0.05) is 6.07 Å². The number of carbonyl (C=O) groups is 2. The molecule has 1 aliphatic heterocycles. The standard InChI is InChI=1S/C22H17F2N5O2/c23-22(24)10-16(11-25)29(13-22)20(30)12-28-21(31)17-5-8-27-19-2-1-15(9-18(17)19)14-3-6-26-7-4-14/h1-9,16H,10,12-13H2,(H,28,31)/t16-/m0/s1. The highest BCUT2D eigenvalue weighted by molar-refractivity contribution is 6.07. The van der Waals surface area contributed by atoms with Crippen molar-refractivity contribution in [2.75, 3.05) is 13.1 Å². The molecule has 31 heavy (non-hydrogen) atoms. The summed E-state index contributed by atoms with van der Waals surface area (Å²) in [5.74, 6) is -4.37. The molecule has 1 saturated heterocycles. The summed E-state index contributed by atoms with van der Waals surface area (Å²) >= 11 is 0. The third-order valence-corrected chi connectivity index (χ3v) is 5.14. The van der Waals surface area contributed by atoms with Crippen LogP contribution < -0.4 is 5.32 Å². The molecular formula is C22H17F2N5O2. The van der Waals surface area contributed by atoms with E-state index in [2.05, 4.69) is 15.3 Å². The second-order valence-corrected chi connectivity index (χ2v) is 7.24. The Hall–Kier alpha value is -3.93. The number of hydrogen-bond acceptors (Lipinski definition) is 5. The van der Waals surface area contributed by atoms with Crippen LogP contribution in [0.1, 0.15) is 16.8 Å². The van der Waals surface area contributed by atoms with Crippen molar-refractivity contribution in [1.82, 2.24) is 20.2 Å². The van der Waals surface area contributed by atoms with Gasteiger partial charge in [0.1, 0.15) is 6.04 Å². The molecule has 3 aromatic rings. The summed E-state index contributed by atoms with van der Waals surface area (Å²) in [5, 5.41) is 12.1. The number of halogens is 2. The van der Waals surface area contributed by atoms with Gasteiger partial charge in [0.15, 0.2) is 0 Å². The van der Waals surface area contributed by atoms with E-state index in [4.69, 9.17) is 5.26 Å². The number of aromatic nitrogens is 2. The maximum atomic E-state index is 13.6. The van der Waals surface area contributed by atoms with Gasteiger partial charge < -0.3 is 10.2 Å². The zero-order valence-electron chi connectivity index (χ0n) is 16.3. The van der Waals surface area contributed by atoms with Gasteiger partial charge in [0.05, 0.1) is 30.2 Å². The Morgan fingerprint density at radius 2 is 1.94 bits per heavy atom. The lowest BCUT2D eigenvalue weighted by atomic mass is 10.0. The van der Waals surface area contributed by atoms with Crippen LogP contribution in [0.2, 0.25) is 0 Å². The maximum Gasteiger partial charge on any atom is 0.268 e. The van der Waals surface area contributed by atoms with Crippen molar-refractivity contribution in [3.05, 3.63) is 60.6 Å². The van der Waals surface area contributed by atoms with Gasteiger partial charge in [-0.25, -0.2) is 8.78 Å². The highest BCUT2D eigenvalue weighted by Gasteiger charge is 2.47. The fourth-order valence-corrected chi connectivity index (χ4v) is 3.62. The molecule has 1 N–H and O–H groups in total. The molecular weight excluding hydrogens is 404 g/mol. The Bertz CT molecular complexity index is 1190. The molecule has 4 rings (SSSR count). The number of likely N-dealkylation sites (tertiary alicyclic amines) is 1. The smallest absolute Gasteiger partial charge is 0.268 e. The zero-order valence-corrected chi connectivity index (χ0v) is 16.3. The van der Waals surface area contributed by atoms with E-state index in [-0.39, 0.29) is 0 Å². The molecule has 0 saturated carbocycles. The number of pyridine rings is 2. The predicted molar refractivity (Wildman–Crippen MR) is 108 cm³/mol. The largest absolute Gasteiger partial charge is 0.343 e. The number of alkyl halides is 2. The molecule has 7 nitrogen and oxygen atoms in total. The predicted octanol–water partition coefficient (Wildman–Crippen LogP) is 2.79. The lowest BCUT2D eigenvalue weighted by Crippen LogP contribution is -2.43. The first kappa shape index (κ1) is 20.3. The second-order valence-electron chi connectivity index (χ2n) is 7.24. The van der Waals surface area contributed by atoms with Gasteiger partial charge in [0.25, 0.3) is 11.8 Å². The Kier molecular flexibility index (Phi) is 5.29. The fraction of sp³-hybridized carbons (Fsp3) is 0.227. The fourth-order valence-electron chi connectivity index (χ4n) is 3.62. The Morgan fingerprint density at radius 1 is 1.16 bits per heavy atom. The van der Waals surface area contributed by atoms with Crippen LogP contribution in [0.25, 0.3) is 22.0 Å². The summed E-state index contributed by atoms with van der Waals surface area (Å²) in [7, 11) is 0. The Balaban J connectivity index is 1.54. The zero-order chi connectivity index (χ0) is 22.0. The van der Waals surface area contributed by atoms with E-state index in [1.54, 1.807) is 24.5 Å². The van der Waals surface area contributed by atoms with Crippen LogP contribution in [0, 0.1) is 11.3 Å². The van der Waals surface area contributed by atoms with Gasteiger partial charge in [-0.15, -0.1) is 0 Å². The normalized spacial score (nSPS) is 17.3. The number of hydrogen-bond donors (Lipinski definition) is 1. The van der Waals surface area contributed by atoms with Crippen LogP contribution in [0.5, 0.6) is 0 Å². The van der Waals surface area contributed by atoms with Crippen molar-refractivity contribution in [1.29, 1.82) is 5.26 Å². The molecule has 0 aliphatic carbocycles. The van der Waals surface area contributed by atoms with E-state index in [1.807, 2.05) is 24.3 Å². The molecule has 0 spiro atoms. The number of benzene rings is 1.